The van der Waals surface area contributed by atoms with Crippen molar-refractivity contribution in [2.24, 2.45) is 5.92 Å². The summed E-state index contributed by atoms with van der Waals surface area (Å²) in [5.41, 5.74) is 2.20. The van der Waals surface area contributed by atoms with Crippen LogP contribution >= 0.6 is 11.6 Å². The van der Waals surface area contributed by atoms with E-state index in [0.717, 1.165) is 61.5 Å². The number of nitrogens with zero attached hydrogens (tertiary/aromatic N) is 1. The zero-order chi connectivity index (χ0) is 19.1. The number of hydrogen-bond donors (Lipinski definition) is 1. The van der Waals surface area contributed by atoms with Crippen molar-refractivity contribution in [3.8, 4) is 0 Å². The Hall–Kier alpha value is -1.91. The second-order valence-electron chi connectivity index (χ2n) is 7.19. The molecule has 144 valence electrons. The molecule has 1 aliphatic heterocycles. The standard InChI is InChI=1S/C22H26ClFN2O/c23-21-8-2-1-6-18(21)15-26-14-4-7-19(16-26)22(27)25-13-3-5-17-9-11-20(24)12-10-17/h1-2,6,8-12,19H,3-5,7,13-16H2,(H,25,27). The third kappa shape index (κ3) is 6.05. The van der Waals surface area contributed by atoms with E-state index < -0.39 is 0 Å². The first-order valence-electron chi connectivity index (χ1n) is 9.60. The number of rotatable bonds is 7. The normalized spacial score (nSPS) is 17.6. The number of hydrogen-bond acceptors (Lipinski definition) is 2. The second kappa shape index (κ2) is 9.86. The molecular weight excluding hydrogens is 363 g/mol. The van der Waals surface area contributed by atoms with Crippen LogP contribution in [-0.4, -0.2) is 30.4 Å². The number of benzene rings is 2. The van der Waals surface area contributed by atoms with Gasteiger partial charge in [0.15, 0.2) is 0 Å². The van der Waals surface area contributed by atoms with Gasteiger partial charge in [0.05, 0.1) is 5.92 Å². The van der Waals surface area contributed by atoms with Gasteiger partial charge in [-0.15, -0.1) is 0 Å². The Kier molecular flexibility index (Phi) is 7.25. The van der Waals surface area contributed by atoms with Gasteiger partial charge in [0.1, 0.15) is 5.82 Å². The maximum Gasteiger partial charge on any atom is 0.224 e. The predicted molar refractivity (Wildman–Crippen MR) is 107 cm³/mol. The summed E-state index contributed by atoms with van der Waals surface area (Å²) in [6, 6.07) is 14.4. The number of amides is 1. The van der Waals surface area contributed by atoms with Gasteiger partial charge in [0.25, 0.3) is 0 Å². The van der Waals surface area contributed by atoms with Crippen LogP contribution in [0.3, 0.4) is 0 Å². The first-order valence-corrected chi connectivity index (χ1v) is 9.97. The van der Waals surface area contributed by atoms with Crippen LogP contribution in [0.25, 0.3) is 0 Å². The van der Waals surface area contributed by atoms with Crippen molar-refractivity contribution >= 4 is 17.5 Å². The molecule has 0 spiro atoms. The van der Waals surface area contributed by atoms with Crippen molar-refractivity contribution in [3.63, 3.8) is 0 Å². The largest absolute Gasteiger partial charge is 0.356 e. The van der Waals surface area contributed by atoms with E-state index in [9.17, 15) is 9.18 Å². The van der Waals surface area contributed by atoms with E-state index in [1.54, 1.807) is 12.1 Å². The maximum absolute atomic E-state index is 12.9. The quantitative estimate of drug-likeness (QED) is 0.711. The van der Waals surface area contributed by atoms with E-state index in [2.05, 4.69) is 10.2 Å². The fraction of sp³-hybridized carbons (Fsp3) is 0.409. The molecule has 0 aliphatic carbocycles. The van der Waals surface area contributed by atoms with Gasteiger partial charge in [-0.1, -0.05) is 41.9 Å². The maximum atomic E-state index is 12.9. The molecule has 27 heavy (non-hydrogen) atoms. The summed E-state index contributed by atoms with van der Waals surface area (Å²) in [4.78, 5) is 14.8. The van der Waals surface area contributed by atoms with E-state index in [1.807, 2.05) is 24.3 Å². The molecule has 1 N–H and O–H groups in total. The second-order valence-corrected chi connectivity index (χ2v) is 7.59. The molecule has 1 aliphatic rings. The van der Waals surface area contributed by atoms with Crippen molar-refractivity contribution in [1.82, 2.24) is 10.2 Å². The summed E-state index contributed by atoms with van der Waals surface area (Å²) in [6.45, 7) is 3.21. The molecule has 1 heterocycles. The fourth-order valence-corrected chi connectivity index (χ4v) is 3.78. The minimum Gasteiger partial charge on any atom is -0.356 e. The molecule has 5 heteroatoms. The topological polar surface area (TPSA) is 32.3 Å². The zero-order valence-corrected chi connectivity index (χ0v) is 16.2. The van der Waals surface area contributed by atoms with Crippen LogP contribution in [0.1, 0.15) is 30.4 Å². The van der Waals surface area contributed by atoms with E-state index >= 15 is 0 Å². The van der Waals surface area contributed by atoms with Gasteiger partial charge in [-0.2, -0.15) is 0 Å². The average molecular weight is 389 g/mol. The van der Waals surface area contributed by atoms with Crippen LogP contribution in [0.15, 0.2) is 48.5 Å². The molecule has 3 nitrogen and oxygen atoms in total. The Morgan fingerprint density at radius 1 is 1.19 bits per heavy atom. The Balaban J connectivity index is 1.41. The van der Waals surface area contributed by atoms with E-state index in [4.69, 9.17) is 11.6 Å². The molecule has 3 rings (SSSR count). The molecule has 1 amide bonds. The molecule has 1 atom stereocenters. The lowest BCUT2D eigenvalue weighted by Crippen LogP contribution is -2.43. The van der Waals surface area contributed by atoms with Crippen LogP contribution < -0.4 is 5.32 Å². The lowest BCUT2D eigenvalue weighted by atomic mass is 9.96. The highest BCUT2D eigenvalue weighted by molar-refractivity contribution is 6.31. The van der Waals surface area contributed by atoms with Gasteiger partial charge in [-0.25, -0.2) is 4.39 Å². The summed E-state index contributed by atoms with van der Waals surface area (Å²) in [7, 11) is 0. The van der Waals surface area contributed by atoms with Crippen molar-refractivity contribution in [1.29, 1.82) is 0 Å². The van der Waals surface area contributed by atoms with Crippen LogP contribution in [0.2, 0.25) is 5.02 Å². The molecule has 0 bridgehead atoms. The molecule has 2 aromatic rings. The summed E-state index contributed by atoms with van der Waals surface area (Å²) >= 11 is 6.26. The summed E-state index contributed by atoms with van der Waals surface area (Å²) in [5.74, 6) is -0.0456. The number of likely N-dealkylation sites (tertiary alicyclic amines) is 1. The zero-order valence-electron chi connectivity index (χ0n) is 15.5. The monoisotopic (exact) mass is 388 g/mol. The number of nitrogens with one attached hydrogen (secondary N) is 1. The number of piperidine rings is 1. The van der Waals surface area contributed by atoms with Crippen molar-refractivity contribution < 1.29 is 9.18 Å². The van der Waals surface area contributed by atoms with Crippen LogP contribution in [0.5, 0.6) is 0 Å². The number of carbonyl (C=O) groups excluding carboxylic acids is 1. The van der Waals surface area contributed by atoms with Gasteiger partial charge in [-0.3, -0.25) is 9.69 Å². The average Bonchev–Trinajstić information content (AvgIpc) is 2.68. The van der Waals surface area contributed by atoms with Crippen LogP contribution in [0, 0.1) is 11.7 Å². The number of aryl methyl sites for hydroxylation is 1. The molecular formula is C22H26ClFN2O. The van der Waals surface area contributed by atoms with E-state index in [1.165, 1.54) is 12.1 Å². The van der Waals surface area contributed by atoms with Gasteiger partial charge in [0.2, 0.25) is 5.91 Å². The predicted octanol–water partition coefficient (Wildman–Crippen LogP) is 4.44. The van der Waals surface area contributed by atoms with Crippen molar-refractivity contribution in [2.45, 2.75) is 32.2 Å². The smallest absolute Gasteiger partial charge is 0.224 e. The number of carbonyl (C=O) groups is 1. The van der Waals surface area contributed by atoms with Gasteiger partial charge < -0.3 is 5.32 Å². The highest BCUT2D eigenvalue weighted by Crippen LogP contribution is 2.22. The lowest BCUT2D eigenvalue weighted by molar-refractivity contribution is -0.126. The molecule has 1 fully saturated rings. The molecule has 0 aromatic heterocycles. The minimum atomic E-state index is -0.217. The molecule has 0 radical (unpaired) electrons. The number of halogens is 2. The molecule has 2 aromatic carbocycles. The molecule has 1 saturated heterocycles. The van der Waals surface area contributed by atoms with E-state index in [0.29, 0.717) is 6.54 Å². The third-order valence-corrected chi connectivity index (χ3v) is 5.45. The van der Waals surface area contributed by atoms with Crippen molar-refractivity contribution in [2.75, 3.05) is 19.6 Å². The Labute approximate surface area is 165 Å². The van der Waals surface area contributed by atoms with Crippen molar-refractivity contribution in [3.05, 3.63) is 70.5 Å². The molecule has 1 unspecified atom stereocenters. The van der Waals surface area contributed by atoms with Gasteiger partial charge >= 0.3 is 0 Å². The van der Waals surface area contributed by atoms with Crippen LogP contribution in [-0.2, 0) is 17.8 Å². The van der Waals surface area contributed by atoms with E-state index in [-0.39, 0.29) is 17.6 Å². The lowest BCUT2D eigenvalue weighted by Gasteiger charge is -2.32. The summed E-state index contributed by atoms with van der Waals surface area (Å²) in [6.07, 6.45) is 3.65. The minimum absolute atomic E-state index is 0.0343. The molecule has 0 saturated carbocycles. The summed E-state index contributed by atoms with van der Waals surface area (Å²) in [5, 5.41) is 3.85. The third-order valence-electron chi connectivity index (χ3n) is 5.08. The fourth-order valence-electron chi connectivity index (χ4n) is 3.58. The first-order chi connectivity index (χ1) is 13.1. The highest BCUT2D eigenvalue weighted by atomic mass is 35.5. The Morgan fingerprint density at radius 3 is 2.74 bits per heavy atom. The van der Waals surface area contributed by atoms with Gasteiger partial charge in [-0.05, 0) is 61.6 Å². The Bertz CT molecular complexity index is 750. The summed E-state index contributed by atoms with van der Waals surface area (Å²) < 4.78 is 12.9. The van der Waals surface area contributed by atoms with Crippen LogP contribution in [0.4, 0.5) is 4.39 Å². The van der Waals surface area contributed by atoms with Gasteiger partial charge in [0, 0.05) is 24.7 Å². The SMILES string of the molecule is O=C(NCCCc1ccc(F)cc1)C1CCCN(Cc2ccccc2Cl)C1. The Morgan fingerprint density at radius 2 is 1.96 bits per heavy atom. The highest BCUT2D eigenvalue weighted by Gasteiger charge is 2.25. The first kappa shape index (κ1) is 19.8.